The highest BCUT2D eigenvalue weighted by Crippen LogP contribution is 2.45. The van der Waals surface area contributed by atoms with Gasteiger partial charge in [0.15, 0.2) is 12.2 Å². The number of hydrogen-bond donors (Lipinski definition) is 3. The molecule has 17 nitrogen and oxygen atoms in total. The molecule has 0 radical (unpaired) electrons. The number of aliphatic hydroxyl groups excluding tert-OH is 1. The molecule has 19 heteroatoms. The van der Waals surface area contributed by atoms with Crippen molar-refractivity contribution in [3.63, 3.8) is 0 Å². The van der Waals surface area contributed by atoms with Gasteiger partial charge in [-0.1, -0.05) is 337 Å². The number of unbranched alkanes of at least 4 members (excludes halogenated alkanes) is 43. The lowest BCUT2D eigenvalue weighted by molar-refractivity contribution is -0.161. The van der Waals surface area contributed by atoms with E-state index in [0.29, 0.717) is 25.7 Å². The van der Waals surface area contributed by atoms with Crippen LogP contribution in [-0.2, 0) is 65.4 Å². The minimum absolute atomic E-state index is 0.105. The molecule has 6 atom stereocenters. The van der Waals surface area contributed by atoms with Crippen molar-refractivity contribution < 1.29 is 80.2 Å². The van der Waals surface area contributed by atoms with Crippen molar-refractivity contribution in [2.45, 2.75) is 407 Å². The van der Waals surface area contributed by atoms with Crippen LogP contribution < -0.4 is 0 Å². The van der Waals surface area contributed by atoms with E-state index in [9.17, 15) is 43.2 Å². The first-order chi connectivity index (χ1) is 45.4. The highest BCUT2D eigenvalue weighted by molar-refractivity contribution is 7.47. The summed E-state index contributed by atoms with van der Waals surface area (Å²) in [6, 6.07) is 0. The quantitative estimate of drug-likeness (QED) is 0.0222. The standard InChI is InChI=1S/C75H146O17P2/c1-7-10-12-14-16-18-20-21-22-23-24-25-26-27-35-41-47-53-59-74(79)91-70(64-86-73(78)58-52-46-40-34-29-28-32-38-44-50-56-68(6)9-3)65-89-93(81,82)87-61-69(76)62-88-94(83,84)90-66-71(63-85-72(77)57-51-45-39-33-19-17-15-13-11-8-2)92-75(80)60-54-48-42-36-30-31-37-43-49-55-67(4)5/h67-71,76H,7-66H2,1-6H3,(H,81,82)(H,83,84)/t68?,69-,70-,71-/m1/s1. The van der Waals surface area contributed by atoms with Crippen LogP contribution in [0.3, 0.4) is 0 Å². The number of ether oxygens (including phenoxy) is 4. The summed E-state index contributed by atoms with van der Waals surface area (Å²) < 4.78 is 68.5. The fourth-order valence-electron chi connectivity index (χ4n) is 11.4. The summed E-state index contributed by atoms with van der Waals surface area (Å²) in [5.41, 5.74) is 0. The smallest absolute Gasteiger partial charge is 0.462 e. The van der Waals surface area contributed by atoms with Crippen LogP contribution in [-0.4, -0.2) is 96.7 Å². The monoisotopic (exact) mass is 1380 g/mol. The van der Waals surface area contributed by atoms with Crippen LogP contribution >= 0.6 is 15.6 Å². The van der Waals surface area contributed by atoms with Gasteiger partial charge in [-0.25, -0.2) is 9.13 Å². The van der Waals surface area contributed by atoms with Crippen LogP contribution in [0.5, 0.6) is 0 Å². The number of aliphatic hydroxyl groups is 1. The molecule has 0 saturated heterocycles. The molecule has 3 N–H and O–H groups in total. The fourth-order valence-corrected chi connectivity index (χ4v) is 13.0. The van der Waals surface area contributed by atoms with Gasteiger partial charge in [0, 0.05) is 25.7 Å². The van der Waals surface area contributed by atoms with Crippen molar-refractivity contribution in [1.29, 1.82) is 0 Å². The SMILES string of the molecule is CCCCCCCCCCCCCCCCCCCCC(=O)O[C@H](COC(=O)CCCCCCCCCCCCC(C)CC)COP(=O)(O)OC[C@@H](O)COP(=O)(O)OC[C@@H](COC(=O)CCCCCCCCCCCC)OC(=O)CCCCCCCCCCCC(C)C. The summed E-state index contributed by atoms with van der Waals surface area (Å²) in [7, 11) is -9.91. The van der Waals surface area contributed by atoms with Crippen LogP contribution in [0.1, 0.15) is 388 Å². The van der Waals surface area contributed by atoms with Crippen molar-refractivity contribution >= 4 is 39.5 Å². The molecule has 0 rings (SSSR count). The number of carbonyl (C=O) groups is 4. The molecular formula is C75H146O17P2. The van der Waals surface area contributed by atoms with Gasteiger partial charge in [-0.15, -0.1) is 0 Å². The van der Waals surface area contributed by atoms with Gasteiger partial charge in [-0.3, -0.25) is 37.3 Å². The van der Waals surface area contributed by atoms with E-state index in [0.717, 1.165) is 102 Å². The second-order valence-corrected chi connectivity index (χ2v) is 30.7. The van der Waals surface area contributed by atoms with Crippen LogP contribution in [0.15, 0.2) is 0 Å². The Balaban J connectivity index is 5.24. The third kappa shape index (κ3) is 67.3. The number of hydrogen-bond acceptors (Lipinski definition) is 15. The zero-order valence-corrected chi connectivity index (χ0v) is 63.1. The first-order valence-corrected chi connectivity index (χ1v) is 42.0. The van der Waals surface area contributed by atoms with Crippen LogP contribution in [0.2, 0.25) is 0 Å². The summed E-state index contributed by atoms with van der Waals surface area (Å²) in [4.78, 5) is 72.7. The van der Waals surface area contributed by atoms with E-state index in [1.165, 1.54) is 205 Å². The van der Waals surface area contributed by atoms with Gasteiger partial charge in [-0.2, -0.15) is 0 Å². The topological polar surface area (TPSA) is 237 Å². The number of esters is 4. The van der Waals surface area contributed by atoms with Crippen molar-refractivity contribution in [2.75, 3.05) is 39.6 Å². The largest absolute Gasteiger partial charge is 0.472 e. The Morgan fingerprint density at radius 1 is 0.309 bits per heavy atom. The predicted octanol–water partition coefficient (Wildman–Crippen LogP) is 21.9. The Bertz CT molecular complexity index is 1820. The molecule has 0 aliphatic carbocycles. The van der Waals surface area contributed by atoms with Gasteiger partial charge in [0.2, 0.25) is 0 Å². The van der Waals surface area contributed by atoms with Gasteiger partial charge in [0.05, 0.1) is 26.4 Å². The molecule has 0 saturated carbocycles. The highest BCUT2D eigenvalue weighted by atomic mass is 31.2. The average Bonchev–Trinajstić information content (AvgIpc) is 1.26. The first-order valence-electron chi connectivity index (χ1n) is 39.0. The Kier molecular flexibility index (Phi) is 65.5. The predicted molar refractivity (Wildman–Crippen MR) is 381 cm³/mol. The molecule has 0 aromatic rings. The molecule has 0 aromatic heterocycles. The molecule has 0 bridgehead atoms. The summed E-state index contributed by atoms with van der Waals surface area (Å²) in [6.07, 6.45) is 54.0. The van der Waals surface area contributed by atoms with Gasteiger partial charge in [0.25, 0.3) is 0 Å². The molecule has 0 fully saturated rings. The Morgan fingerprint density at radius 3 is 0.809 bits per heavy atom. The van der Waals surface area contributed by atoms with E-state index in [2.05, 4.69) is 41.5 Å². The Labute approximate surface area is 575 Å². The number of carbonyl (C=O) groups excluding carboxylic acids is 4. The molecule has 0 aliphatic rings. The minimum atomic E-state index is -4.96. The van der Waals surface area contributed by atoms with Crippen molar-refractivity contribution in [3.05, 3.63) is 0 Å². The maximum Gasteiger partial charge on any atom is 0.472 e. The van der Waals surface area contributed by atoms with E-state index in [-0.39, 0.29) is 25.7 Å². The summed E-state index contributed by atoms with van der Waals surface area (Å²) in [5.74, 6) is -0.571. The molecular weight excluding hydrogens is 1230 g/mol. The highest BCUT2D eigenvalue weighted by Gasteiger charge is 2.30. The van der Waals surface area contributed by atoms with Crippen LogP contribution in [0.25, 0.3) is 0 Å². The summed E-state index contributed by atoms with van der Waals surface area (Å²) in [6.45, 7) is 9.59. The van der Waals surface area contributed by atoms with Gasteiger partial charge >= 0.3 is 39.5 Å². The van der Waals surface area contributed by atoms with Crippen molar-refractivity contribution in [1.82, 2.24) is 0 Å². The van der Waals surface area contributed by atoms with E-state index in [4.69, 9.17) is 37.0 Å². The van der Waals surface area contributed by atoms with Gasteiger partial charge in [0.1, 0.15) is 19.3 Å². The van der Waals surface area contributed by atoms with Gasteiger partial charge < -0.3 is 33.8 Å². The molecule has 3 unspecified atom stereocenters. The summed E-state index contributed by atoms with van der Waals surface area (Å²) in [5, 5.41) is 10.6. The lowest BCUT2D eigenvalue weighted by Gasteiger charge is -2.21. The maximum atomic E-state index is 13.1. The number of phosphoric acid groups is 2. The van der Waals surface area contributed by atoms with E-state index in [1.807, 2.05) is 0 Å². The molecule has 0 amide bonds. The van der Waals surface area contributed by atoms with E-state index >= 15 is 0 Å². The Morgan fingerprint density at radius 2 is 0.543 bits per heavy atom. The lowest BCUT2D eigenvalue weighted by Crippen LogP contribution is -2.30. The zero-order valence-electron chi connectivity index (χ0n) is 61.3. The second-order valence-electron chi connectivity index (χ2n) is 27.8. The van der Waals surface area contributed by atoms with E-state index < -0.39 is 97.5 Å². The third-order valence-electron chi connectivity index (χ3n) is 17.8. The molecule has 558 valence electrons. The molecule has 0 aromatic carbocycles. The van der Waals surface area contributed by atoms with Crippen LogP contribution in [0, 0.1) is 11.8 Å². The number of rotatable bonds is 74. The zero-order chi connectivity index (χ0) is 69.3. The van der Waals surface area contributed by atoms with Crippen molar-refractivity contribution in [3.8, 4) is 0 Å². The minimum Gasteiger partial charge on any atom is -0.462 e. The Hall–Kier alpha value is -1.94. The number of phosphoric ester groups is 2. The van der Waals surface area contributed by atoms with Crippen LogP contribution in [0.4, 0.5) is 0 Å². The lowest BCUT2D eigenvalue weighted by atomic mass is 9.99. The normalized spacial score (nSPS) is 14.3. The fraction of sp³-hybridized carbons (Fsp3) is 0.947. The summed E-state index contributed by atoms with van der Waals surface area (Å²) >= 11 is 0. The molecule has 0 heterocycles. The first kappa shape index (κ1) is 92.1. The van der Waals surface area contributed by atoms with E-state index in [1.54, 1.807) is 0 Å². The third-order valence-corrected chi connectivity index (χ3v) is 19.7. The van der Waals surface area contributed by atoms with Crippen molar-refractivity contribution in [2.24, 2.45) is 11.8 Å². The average molecular weight is 1380 g/mol. The molecule has 94 heavy (non-hydrogen) atoms. The van der Waals surface area contributed by atoms with Gasteiger partial charge in [-0.05, 0) is 37.5 Å². The molecule has 0 spiro atoms. The second kappa shape index (κ2) is 66.9. The molecule has 0 aliphatic heterocycles. The maximum absolute atomic E-state index is 13.1.